The monoisotopic (exact) mass is 275 g/mol. The molecule has 1 aromatic carbocycles. The number of benzene rings is 1. The maximum atomic E-state index is 11.3. The number of methoxy groups -OCH3 is 1. The number of nitrogens with zero attached hydrogens (tertiary/aromatic N) is 1. The molecule has 3 nitrogen and oxygen atoms in total. The van der Waals surface area contributed by atoms with Crippen LogP contribution in [0.25, 0.3) is 0 Å². The third-order valence-electron chi connectivity index (χ3n) is 5.23. The molecule has 0 saturated carbocycles. The Labute approximate surface area is 121 Å². The van der Waals surface area contributed by atoms with E-state index in [1.165, 1.54) is 24.8 Å². The second kappa shape index (κ2) is 5.05. The molecule has 20 heavy (non-hydrogen) atoms. The Morgan fingerprint density at radius 3 is 2.50 bits per heavy atom. The van der Waals surface area contributed by atoms with E-state index in [2.05, 4.69) is 24.9 Å². The van der Waals surface area contributed by atoms with Gasteiger partial charge >= 0.3 is 0 Å². The lowest BCUT2D eigenvalue weighted by molar-refractivity contribution is -0.0884. The van der Waals surface area contributed by atoms with Crippen LogP contribution >= 0.6 is 0 Å². The lowest BCUT2D eigenvalue weighted by Crippen LogP contribution is -2.55. The molecule has 2 fully saturated rings. The molecule has 0 amide bonds. The first-order valence-electron chi connectivity index (χ1n) is 7.63. The number of ether oxygens (including phenoxy) is 1. The zero-order chi connectivity index (χ0) is 14.3. The van der Waals surface area contributed by atoms with Crippen molar-refractivity contribution in [1.29, 1.82) is 0 Å². The first-order valence-corrected chi connectivity index (χ1v) is 7.63. The lowest BCUT2D eigenvalue weighted by Gasteiger charge is -2.51. The number of piperidine rings is 2. The van der Waals surface area contributed by atoms with Crippen LogP contribution in [0.15, 0.2) is 18.2 Å². The van der Waals surface area contributed by atoms with E-state index in [9.17, 15) is 5.11 Å². The topological polar surface area (TPSA) is 32.7 Å². The number of rotatable bonds is 2. The lowest BCUT2D eigenvalue weighted by atomic mass is 9.72. The van der Waals surface area contributed by atoms with E-state index in [0.717, 1.165) is 24.2 Å². The van der Waals surface area contributed by atoms with Gasteiger partial charge < -0.3 is 14.7 Å². The van der Waals surface area contributed by atoms with Gasteiger partial charge in [0.2, 0.25) is 0 Å². The third-order valence-corrected chi connectivity index (χ3v) is 5.23. The summed E-state index contributed by atoms with van der Waals surface area (Å²) in [6.45, 7) is 2.07. The SMILES string of the molecule is COc1ccc(C)cc1C1(O)CC2CCCC(C1)N2C. The highest BCUT2D eigenvalue weighted by atomic mass is 16.5. The van der Waals surface area contributed by atoms with E-state index in [4.69, 9.17) is 4.74 Å². The van der Waals surface area contributed by atoms with Crippen molar-refractivity contribution >= 4 is 0 Å². The van der Waals surface area contributed by atoms with Gasteiger partial charge in [0.15, 0.2) is 0 Å². The Hall–Kier alpha value is -1.06. The van der Waals surface area contributed by atoms with Crippen molar-refractivity contribution in [3.05, 3.63) is 29.3 Å². The largest absolute Gasteiger partial charge is 0.496 e. The van der Waals surface area contributed by atoms with E-state index in [-0.39, 0.29) is 0 Å². The van der Waals surface area contributed by atoms with Gasteiger partial charge in [-0.1, -0.05) is 18.1 Å². The zero-order valence-corrected chi connectivity index (χ0v) is 12.7. The van der Waals surface area contributed by atoms with Crippen LogP contribution in [-0.2, 0) is 5.60 Å². The first-order chi connectivity index (χ1) is 9.53. The molecule has 1 aromatic rings. The Morgan fingerprint density at radius 1 is 1.25 bits per heavy atom. The van der Waals surface area contributed by atoms with Crippen molar-refractivity contribution in [3.8, 4) is 5.75 Å². The molecule has 2 unspecified atom stereocenters. The molecule has 2 atom stereocenters. The molecule has 0 spiro atoms. The molecule has 2 aliphatic heterocycles. The quantitative estimate of drug-likeness (QED) is 0.901. The van der Waals surface area contributed by atoms with Gasteiger partial charge in [0.1, 0.15) is 5.75 Å². The van der Waals surface area contributed by atoms with Gasteiger partial charge in [0.05, 0.1) is 12.7 Å². The Kier molecular flexibility index (Phi) is 3.51. The molecule has 2 bridgehead atoms. The van der Waals surface area contributed by atoms with E-state index in [1.54, 1.807) is 7.11 Å². The van der Waals surface area contributed by atoms with Gasteiger partial charge in [-0.3, -0.25) is 0 Å². The molecule has 0 aromatic heterocycles. The van der Waals surface area contributed by atoms with Crippen molar-refractivity contribution in [3.63, 3.8) is 0 Å². The Bertz CT molecular complexity index is 486. The number of hydrogen-bond acceptors (Lipinski definition) is 3. The van der Waals surface area contributed by atoms with Crippen molar-refractivity contribution in [2.24, 2.45) is 0 Å². The third kappa shape index (κ3) is 2.23. The van der Waals surface area contributed by atoms with Crippen LogP contribution in [0.2, 0.25) is 0 Å². The van der Waals surface area contributed by atoms with Crippen molar-refractivity contribution < 1.29 is 9.84 Å². The van der Waals surface area contributed by atoms with E-state index in [1.807, 2.05) is 12.1 Å². The molecule has 0 radical (unpaired) electrons. The maximum absolute atomic E-state index is 11.3. The van der Waals surface area contributed by atoms with E-state index >= 15 is 0 Å². The molecule has 1 N–H and O–H groups in total. The minimum atomic E-state index is -0.736. The van der Waals surface area contributed by atoms with E-state index < -0.39 is 5.60 Å². The average Bonchev–Trinajstić information content (AvgIpc) is 2.41. The van der Waals surface area contributed by atoms with Gasteiger partial charge in [-0.15, -0.1) is 0 Å². The summed E-state index contributed by atoms with van der Waals surface area (Å²) in [6, 6.07) is 7.12. The van der Waals surface area contributed by atoms with Crippen LogP contribution in [0.4, 0.5) is 0 Å². The standard InChI is InChI=1S/C17H25NO2/c1-12-7-8-16(20-3)15(9-12)17(19)10-13-5-4-6-14(11-17)18(13)2/h7-9,13-14,19H,4-6,10-11H2,1-3H3. The summed E-state index contributed by atoms with van der Waals surface area (Å²) in [5.74, 6) is 0.820. The minimum absolute atomic E-state index is 0.498. The van der Waals surface area contributed by atoms with Crippen LogP contribution in [0, 0.1) is 6.92 Å². The summed E-state index contributed by atoms with van der Waals surface area (Å²) in [5.41, 5.74) is 1.42. The second-order valence-corrected chi connectivity index (χ2v) is 6.55. The summed E-state index contributed by atoms with van der Waals surface area (Å²) < 4.78 is 5.49. The highest BCUT2D eigenvalue weighted by Crippen LogP contribution is 2.46. The van der Waals surface area contributed by atoms with Crippen LogP contribution in [-0.4, -0.2) is 36.2 Å². The van der Waals surface area contributed by atoms with Crippen LogP contribution in [0.1, 0.15) is 43.2 Å². The van der Waals surface area contributed by atoms with Crippen molar-refractivity contribution in [2.75, 3.05) is 14.2 Å². The second-order valence-electron chi connectivity index (χ2n) is 6.55. The highest BCUT2D eigenvalue weighted by Gasteiger charge is 2.46. The molecule has 0 aliphatic carbocycles. The average molecular weight is 275 g/mol. The summed E-state index contributed by atoms with van der Waals surface area (Å²) in [4.78, 5) is 2.47. The summed E-state index contributed by atoms with van der Waals surface area (Å²) in [7, 11) is 3.90. The zero-order valence-electron chi connectivity index (χ0n) is 12.7. The minimum Gasteiger partial charge on any atom is -0.496 e. The number of hydrogen-bond donors (Lipinski definition) is 1. The molecule has 2 heterocycles. The fourth-order valence-corrected chi connectivity index (χ4v) is 4.05. The smallest absolute Gasteiger partial charge is 0.124 e. The van der Waals surface area contributed by atoms with Crippen LogP contribution in [0.5, 0.6) is 5.75 Å². The fraction of sp³-hybridized carbons (Fsp3) is 0.647. The van der Waals surface area contributed by atoms with Gasteiger partial charge in [0, 0.05) is 17.6 Å². The summed E-state index contributed by atoms with van der Waals surface area (Å²) >= 11 is 0. The molecular weight excluding hydrogens is 250 g/mol. The van der Waals surface area contributed by atoms with E-state index in [0.29, 0.717) is 12.1 Å². The molecule has 110 valence electrons. The van der Waals surface area contributed by atoms with Gasteiger partial charge in [0.25, 0.3) is 0 Å². The number of aryl methyl sites for hydroxylation is 1. The van der Waals surface area contributed by atoms with Gasteiger partial charge in [-0.25, -0.2) is 0 Å². The molecule has 2 aliphatic rings. The highest BCUT2D eigenvalue weighted by molar-refractivity contribution is 5.41. The first kappa shape index (κ1) is 13.9. The molecule has 3 heteroatoms. The summed E-state index contributed by atoms with van der Waals surface area (Å²) in [5, 5.41) is 11.3. The fourth-order valence-electron chi connectivity index (χ4n) is 4.05. The predicted molar refractivity (Wildman–Crippen MR) is 80.1 cm³/mol. The predicted octanol–water partition coefficient (Wildman–Crippen LogP) is 2.84. The Balaban J connectivity index is 1.98. The normalized spacial score (nSPS) is 34.0. The Morgan fingerprint density at radius 2 is 1.90 bits per heavy atom. The van der Waals surface area contributed by atoms with Crippen molar-refractivity contribution in [1.82, 2.24) is 4.90 Å². The number of aliphatic hydroxyl groups is 1. The maximum Gasteiger partial charge on any atom is 0.124 e. The molecule has 2 saturated heterocycles. The van der Waals surface area contributed by atoms with Crippen LogP contribution in [0.3, 0.4) is 0 Å². The van der Waals surface area contributed by atoms with Crippen molar-refractivity contribution in [2.45, 2.75) is 56.7 Å². The molecular formula is C17H25NO2. The molecule has 3 rings (SSSR count). The number of fused-ring (bicyclic) bond motifs is 2. The van der Waals surface area contributed by atoms with Gasteiger partial charge in [-0.05, 0) is 51.8 Å². The van der Waals surface area contributed by atoms with Crippen LogP contribution < -0.4 is 4.74 Å². The summed E-state index contributed by atoms with van der Waals surface area (Å²) in [6.07, 6.45) is 5.33. The van der Waals surface area contributed by atoms with Gasteiger partial charge in [-0.2, -0.15) is 0 Å².